The number of nitrogens with two attached hydrogens (primary N) is 1. The minimum Gasteiger partial charge on any atom is -0.493 e. The largest absolute Gasteiger partial charge is 0.493 e. The van der Waals surface area contributed by atoms with E-state index in [4.69, 9.17) is 32.2 Å². The Morgan fingerprint density at radius 2 is 1.76 bits per heavy atom. The molecule has 0 bridgehead atoms. The number of hydrogen-bond donors (Lipinski definition) is 2. The lowest BCUT2D eigenvalue weighted by Gasteiger charge is -2.16. The molecule has 1 amide bonds. The highest BCUT2D eigenvalue weighted by Gasteiger charge is 2.18. The third-order valence-corrected chi connectivity index (χ3v) is 2.98. The van der Waals surface area contributed by atoms with E-state index in [1.807, 2.05) is 6.92 Å². The molecule has 0 aliphatic carbocycles. The maximum absolute atomic E-state index is 12.2. The van der Waals surface area contributed by atoms with E-state index in [2.05, 4.69) is 5.32 Å². The van der Waals surface area contributed by atoms with Crippen LogP contribution < -0.4 is 25.3 Å². The van der Waals surface area contributed by atoms with Crippen molar-refractivity contribution in [3.63, 3.8) is 0 Å². The Balaban J connectivity index is 3.02. The third-order valence-electron chi connectivity index (χ3n) is 2.81. The third kappa shape index (κ3) is 4.49. The number of ether oxygens (including phenoxy) is 3. The van der Waals surface area contributed by atoms with Gasteiger partial charge in [-0.15, -0.1) is 0 Å². The fourth-order valence-corrected chi connectivity index (χ4v) is 2.12. The predicted molar refractivity (Wildman–Crippen MR) is 84.4 cm³/mol. The van der Waals surface area contributed by atoms with Gasteiger partial charge in [-0.25, -0.2) is 0 Å². The summed E-state index contributed by atoms with van der Waals surface area (Å²) in [5, 5.41) is 2.81. The molecular formula is C14H20N2O4S. The first-order valence-electron chi connectivity index (χ1n) is 6.32. The summed E-state index contributed by atoms with van der Waals surface area (Å²) in [6.45, 7) is 1.83. The number of carbonyl (C=O) groups excluding carboxylic acids is 1. The normalized spacial score (nSPS) is 11.4. The van der Waals surface area contributed by atoms with Crippen molar-refractivity contribution < 1.29 is 19.0 Å². The summed E-state index contributed by atoms with van der Waals surface area (Å²) in [6, 6.07) is 3.02. The van der Waals surface area contributed by atoms with E-state index in [0.29, 0.717) is 34.2 Å². The van der Waals surface area contributed by atoms with E-state index in [0.717, 1.165) is 0 Å². The second kappa shape index (κ2) is 7.68. The van der Waals surface area contributed by atoms with Crippen LogP contribution in [-0.2, 0) is 0 Å². The van der Waals surface area contributed by atoms with Crippen molar-refractivity contribution in [2.24, 2.45) is 5.73 Å². The molecule has 1 unspecified atom stereocenters. The summed E-state index contributed by atoms with van der Waals surface area (Å²) in [5.41, 5.74) is 5.86. The summed E-state index contributed by atoms with van der Waals surface area (Å²) in [6.07, 6.45) is 0.436. The Morgan fingerprint density at radius 1 is 1.24 bits per heavy atom. The zero-order chi connectivity index (χ0) is 16.0. The van der Waals surface area contributed by atoms with Crippen LogP contribution >= 0.6 is 12.2 Å². The highest BCUT2D eigenvalue weighted by atomic mass is 32.1. The topological polar surface area (TPSA) is 82.8 Å². The van der Waals surface area contributed by atoms with Gasteiger partial charge < -0.3 is 25.3 Å². The van der Waals surface area contributed by atoms with Gasteiger partial charge in [-0.05, 0) is 19.1 Å². The lowest BCUT2D eigenvalue weighted by Crippen LogP contribution is -2.35. The number of amides is 1. The molecule has 0 saturated heterocycles. The van der Waals surface area contributed by atoms with E-state index in [1.54, 1.807) is 12.1 Å². The van der Waals surface area contributed by atoms with Crippen molar-refractivity contribution in [2.75, 3.05) is 21.3 Å². The van der Waals surface area contributed by atoms with Crippen LogP contribution in [-0.4, -0.2) is 38.3 Å². The number of hydrogen-bond acceptors (Lipinski definition) is 5. The first kappa shape index (κ1) is 17.0. The van der Waals surface area contributed by atoms with Crippen LogP contribution in [0, 0.1) is 0 Å². The number of nitrogens with one attached hydrogen (secondary N) is 1. The molecule has 1 rings (SSSR count). The quantitative estimate of drug-likeness (QED) is 0.743. The maximum Gasteiger partial charge on any atom is 0.251 e. The van der Waals surface area contributed by atoms with E-state index in [9.17, 15) is 4.79 Å². The number of carbonyl (C=O) groups is 1. The van der Waals surface area contributed by atoms with Gasteiger partial charge in [-0.1, -0.05) is 12.2 Å². The van der Waals surface area contributed by atoms with Crippen molar-refractivity contribution in [1.82, 2.24) is 5.32 Å². The average Bonchev–Trinajstić information content (AvgIpc) is 2.44. The molecule has 0 aliphatic rings. The lowest BCUT2D eigenvalue weighted by molar-refractivity contribution is 0.0940. The van der Waals surface area contributed by atoms with Gasteiger partial charge in [0.1, 0.15) is 0 Å². The molecule has 7 heteroatoms. The molecule has 21 heavy (non-hydrogen) atoms. The average molecular weight is 312 g/mol. The van der Waals surface area contributed by atoms with Crippen molar-refractivity contribution in [1.29, 1.82) is 0 Å². The number of rotatable bonds is 7. The van der Waals surface area contributed by atoms with Gasteiger partial charge in [0.2, 0.25) is 5.75 Å². The van der Waals surface area contributed by atoms with Gasteiger partial charge >= 0.3 is 0 Å². The first-order chi connectivity index (χ1) is 9.92. The van der Waals surface area contributed by atoms with Gasteiger partial charge in [-0.3, -0.25) is 4.79 Å². The Bertz CT molecular complexity index is 509. The van der Waals surface area contributed by atoms with Crippen LogP contribution in [0.1, 0.15) is 23.7 Å². The molecular weight excluding hydrogens is 292 g/mol. The summed E-state index contributed by atoms with van der Waals surface area (Å²) < 4.78 is 15.6. The molecule has 1 atom stereocenters. The minimum absolute atomic E-state index is 0.158. The zero-order valence-electron chi connectivity index (χ0n) is 12.6. The summed E-state index contributed by atoms with van der Waals surface area (Å²) in [4.78, 5) is 12.6. The maximum atomic E-state index is 12.2. The molecule has 0 spiro atoms. The van der Waals surface area contributed by atoms with E-state index in [1.165, 1.54) is 21.3 Å². The van der Waals surface area contributed by atoms with E-state index < -0.39 is 0 Å². The Morgan fingerprint density at radius 3 is 2.14 bits per heavy atom. The van der Waals surface area contributed by atoms with E-state index >= 15 is 0 Å². The Kier molecular flexibility index (Phi) is 6.23. The van der Waals surface area contributed by atoms with Crippen molar-refractivity contribution in [2.45, 2.75) is 19.4 Å². The second-order valence-electron chi connectivity index (χ2n) is 4.46. The number of methoxy groups -OCH3 is 3. The molecule has 1 aromatic carbocycles. The smallest absolute Gasteiger partial charge is 0.251 e. The molecule has 0 heterocycles. The molecule has 116 valence electrons. The fourth-order valence-electron chi connectivity index (χ4n) is 1.87. The van der Waals surface area contributed by atoms with Gasteiger partial charge in [-0.2, -0.15) is 0 Å². The van der Waals surface area contributed by atoms with Gasteiger partial charge in [0.25, 0.3) is 5.91 Å². The first-order valence-corrected chi connectivity index (χ1v) is 6.72. The fraction of sp³-hybridized carbons (Fsp3) is 0.429. The van der Waals surface area contributed by atoms with Gasteiger partial charge in [0.05, 0.1) is 26.3 Å². The lowest BCUT2D eigenvalue weighted by atomic mass is 10.1. The number of thiocarbonyl (C=S) groups is 1. The second-order valence-corrected chi connectivity index (χ2v) is 4.98. The van der Waals surface area contributed by atoms with Crippen LogP contribution in [0.2, 0.25) is 0 Å². The molecule has 0 saturated carbocycles. The van der Waals surface area contributed by atoms with Crippen LogP contribution in [0.25, 0.3) is 0 Å². The summed E-state index contributed by atoms with van der Waals surface area (Å²) >= 11 is 4.82. The van der Waals surface area contributed by atoms with Crippen LogP contribution in [0.3, 0.4) is 0 Å². The summed E-state index contributed by atoms with van der Waals surface area (Å²) in [7, 11) is 4.49. The molecule has 0 fully saturated rings. The van der Waals surface area contributed by atoms with E-state index in [-0.39, 0.29) is 11.9 Å². The SMILES string of the molecule is COc1cc(C(=O)NC(C)CC(N)=S)cc(OC)c1OC. The monoisotopic (exact) mass is 312 g/mol. The molecule has 0 radical (unpaired) electrons. The highest BCUT2D eigenvalue weighted by molar-refractivity contribution is 7.80. The molecule has 0 aliphatic heterocycles. The van der Waals surface area contributed by atoms with Crippen molar-refractivity contribution in [3.05, 3.63) is 17.7 Å². The number of benzene rings is 1. The molecule has 1 aromatic rings. The van der Waals surface area contributed by atoms with Gasteiger partial charge in [0, 0.05) is 18.0 Å². The molecule has 3 N–H and O–H groups in total. The summed E-state index contributed by atoms with van der Waals surface area (Å²) in [5.74, 6) is 1.01. The van der Waals surface area contributed by atoms with Crippen molar-refractivity contribution >= 4 is 23.1 Å². The zero-order valence-corrected chi connectivity index (χ0v) is 13.4. The molecule has 0 aromatic heterocycles. The van der Waals surface area contributed by atoms with Crippen LogP contribution in [0.5, 0.6) is 17.2 Å². The van der Waals surface area contributed by atoms with Crippen molar-refractivity contribution in [3.8, 4) is 17.2 Å². The molecule has 6 nitrogen and oxygen atoms in total. The predicted octanol–water partition coefficient (Wildman–Crippen LogP) is 1.51. The van der Waals surface area contributed by atoms with Gasteiger partial charge in [0.15, 0.2) is 11.5 Å². The highest BCUT2D eigenvalue weighted by Crippen LogP contribution is 2.38. The minimum atomic E-state index is -0.266. The Hall–Kier alpha value is -2.02. The van der Waals surface area contributed by atoms with Crippen LogP contribution in [0.4, 0.5) is 0 Å². The van der Waals surface area contributed by atoms with Crippen LogP contribution in [0.15, 0.2) is 12.1 Å². The Labute approximate surface area is 129 Å². The standard InChI is InChI=1S/C14H20N2O4S/c1-8(5-12(15)21)16-14(17)9-6-10(18-2)13(20-4)11(7-9)19-3/h6-8H,5H2,1-4H3,(H2,15,21)(H,16,17).